The minimum absolute atomic E-state index is 0.203. The predicted octanol–water partition coefficient (Wildman–Crippen LogP) is 4.06. The van der Waals surface area contributed by atoms with Gasteiger partial charge in [-0.15, -0.1) is 0 Å². The van der Waals surface area contributed by atoms with E-state index in [0.29, 0.717) is 37.0 Å². The van der Waals surface area contributed by atoms with Crippen molar-refractivity contribution in [3.63, 3.8) is 0 Å². The van der Waals surface area contributed by atoms with E-state index in [2.05, 4.69) is 0 Å². The average Bonchev–Trinajstić information content (AvgIpc) is 2.69. The number of β-lactam (4-membered cyclic amide) rings is 1. The van der Waals surface area contributed by atoms with Crippen molar-refractivity contribution in [1.82, 2.24) is 10.2 Å². The Morgan fingerprint density at radius 2 is 1.90 bits per heavy atom. The summed E-state index contributed by atoms with van der Waals surface area (Å²) in [6.45, 7) is 1.91. The van der Waals surface area contributed by atoms with E-state index in [1.54, 1.807) is 0 Å². The number of nitrogens with one attached hydrogen (secondary N) is 1. The number of halogens is 3. The van der Waals surface area contributed by atoms with Gasteiger partial charge in [0.1, 0.15) is 6.04 Å². The molecule has 2 fully saturated rings. The Hall–Kier alpha value is -2.58. The molecule has 170 valence electrons. The molecule has 1 aliphatic heterocycles. The second kappa shape index (κ2) is 9.28. The van der Waals surface area contributed by atoms with Gasteiger partial charge in [0.05, 0.1) is 5.92 Å². The lowest BCUT2D eigenvalue weighted by Crippen LogP contribution is -2.69. The first kappa shape index (κ1) is 23.1. The highest BCUT2D eigenvalue weighted by molar-refractivity contribution is 6.07. The Labute approximate surface area is 178 Å². The van der Waals surface area contributed by atoms with Gasteiger partial charge in [0.2, 0.25) is 5.91 Å². The zero-order chi connectivity index (χ0) is 22.8. The molecule has 1 aliphatic carbocycles. The molecular weight excluding hydrogens is 413 g/mol. The molecule has 1 saturated carbocycles. The van der Waals surface area contributed by atoms with E-state index in [0.717, 1.165) is 17.5 Å². The molecule has 1 heterocycles. The molecule has 0 spiro atoms. The summed E-state index contributed by atoms with van der Waals surface area (Å²) < 4.78 is 40.8. The van der Waals surface area contributed by atoms with Crippen molar-refractivity contribution in [2.24, 2.45) is 11.8 Å². The number of alkyl halides is 3. The van der Waals surface area contributed by atoms with Crippen LogP contribution < -0.4 is 5.32 Å². The summed E-state index contributed by atoms with van der Waals surface area (Å²) in [6, 6.07) is 2.71. The number of likely N-dealkylation sites (tertiary alicyclic amines) is 1. The second-order valence-electron chi connectivity index (χ2n) is 8.49. The number of carboxylic acid groups (broad SMARTS) is 1. The van der Waals surface area contributed by atoms with Crippen molar-refractivity contribution in [2.75, 3.05) is 0 Å². The van der Waals surface area contributed by atoms with Gasteiger partial charge in [-0.25, -0.2) is 14.5 Å². The van der Waals surface area contributed by atoms with Gasteiger partial charge in [0.25, 0.3) is 0 Å². The average molecular weight is 440 g/mol. The van der Waals surface area contributed by atoms with Crippen LogP contribution in [0, 0.1) is 18.8 Å². The van der Waals surface area contributed by atoms with Crippen molar-refractivity contribution >= 4 is 17.9 Å². The van der Waals surface area contributed by atoms with Crippen LogP contribution in [0.2, 0.25) is 0 Å². The van der Waals surface area contributed by atoms with Crippen molar-refractivity contribution in [2.45, 2.75) is 70.1 Å². The summed E-state index contributed by atoms with van der Waals surface area (Å²) in [5, 5.41) is 11.5. The molecule has 1 aromatic rings. The second-order valence-corrected chi connectivity index (χ2v) is 8.49. The lowest BCUT2D eigenvalue weighted by Gasteiger charge is -2.44. The quantitative estimate of drug-likeness (QED) is 0.653. The maximum atomic E-state index is 13.6. The van der Waals surface area contributed by atoms with E-state index in [1.165, 1.54) is 0 Å². The molecule has 0 aromatic heterocycles. The van der Waals surface area contributed by atoms with E-state index in [1.807, 2.05) is 36.5 Å². The number of aryl methyl sites for hydroxylation is 2. The van der Waals surface area contributed by atoms with Crippen LogP contribution in [0.15, 0.2) is 24.3 Å². The van der Waals surface area contributed by atoms with Crippen LogP contribution in [0.25, 0.3) is 0 Å². The van der Waals surface area contributed by atoms with Crippen molar-refractivity contribution in [1.29, 1.82) is 0 Å². The van der Waals surface area contributed by atoms with Crippen molar-refractivity contribution in [3.8, 4) is 0 Å². The molecule has 2 N–H and O–H groups in total. The molecule has 3 amide bonds. The summed E-state index contributed by atoms with van der Waals surface area (Å²) >= 11 is 0. The molecule has 31 heavy (non-hydrogen) atoms. The fourth-order valence-corrected chi connectivity index (χ4v) is 4.67. The van der Waals surface area contributed by atoms with Gasteiger partial charge in [-0.1, -0.05) is 49.1 Å². The first-order valence-electron chi connectivity index (χ1n) is 10.6. The third kappa shape index (κ3) is 5.19. The van der Waals surface area contributed by atoms with Gasteiger partial charge in [0, 0.05) is 0 Å². The minimum Gasteiger partial charge on any atom is -0.480 e. The number of aliphatic carboxylic acids is 1. The topological polar surface area (TPSA) is 86.7 Å². The third-order valence-electron chi connectivity index (χ3n) is 6.27. The molecule has 6 nitrogen and oxygen atoms in total. The Morgan fingerprint density at radius 3 is 2.48 bits per heavy atom. The molecule has 2 aliphatic rings. The summed E-state index contributed by atoms with van der Waals surface area (Å²) in [5.41, 5.74) is 1.95. The number of carbonyl (C=O) groups excluding carboxylic acids is 2. The monoisotopic (exact) mass is 440 g/mol. The first-order chi connectivity index (χ1) is 14.6. The van der Waals surface area contributed by atoms with Crippen LogP contribution in [0.3, 0.4) is 0 Å². The Morgan fingerprint density at radius 1 is 1.23 bits per heavy atom. The molecule has 3 rings (SSSR count). The zero-order valence-electron chi connectivity index (χ0n) is 17.3. The number of hydrogen-bond donors (Lipinski definition) is 2. The zero-order valence-corrected chi connectivity index (χ0v) is 17.3. The molecule has 1 saturated heterocycles. The maximum absolute atomic E-state index is 13.6. The van der Waals surface area contributed by atoms with Gasteiger partial charge in [0.15, 0.2) is 6.04 Å². The fraction of sp³-hybridized carbons (Fsp3) is 0.591. The lowest BCUT2D eigenvalue weighted by atomic mass is 9.82. The molecule has 2 unspecified atom stereocenters. The SMILES string of the molecule is Cc1cccc(CC[C@H]2C(=O)N(C(=O)NC(C3CCCCC3)C(F)(F)F)C2C(=O)O)c1. The minimum atomic E-state index is -4.67. The van der Waals surface area contributed by atoms with E-state index < -0.39 is 48.0 Å². The van der Waals surface area contributed by atoms with Crippen molar-refractivity contribution in [3.05, 3.63) is 35.4 Å². The highest BCUT2D eigenvalue weighted by Gasteiger charge is 2.56. The largest absolute Gasteiger partial charge is 0.480 e. The highest BCUT2D eigenvalue weighted by Crippen LogP contribution is 2.36. The Balaban J connectivity index is 1.68. The van der Waals surface area contributed by atoms with Crippen LogP contribution in [0.5, 0.6) is 0 Å². The molecular formula is C22H27F3N2O4. The molecule has 1 aromatic carbocycles. The highest BCUT2D eigenvalue weighted by atomic mass is 19.4. The van der Waals surface area contributed by atoms with E-state index >= 15 is 0 Å². The van der Waals surface area contributed by atoms with Crippen LogP contribution in [0.1, 0.15) is 49.7 Å². The fourth-order valence-electron chi connectivity index (χ4n) is 4.67. The standard InChI is InChI=1S/C22H27F3N2O4/c1-13-6-5-7-14(12-13)10-11-16-17(20(29)30)27(19(16)28)21(31)26-18(22(23,24)25)15-8-3-2-4-9-15/h5-7,12,15-18H,2-4,8-11H2,1H3,(H,26,31)(H,29,30)/t16-,17?,18?/m1/s1. The summed E-state index contributed by atoms with van der Waals surface area (Å²) in [4.78, 5) is 37.2. The Bertz CT molecular complexity index is 836. The van der Waals surface area contributed by atoms with E-state index in [4.69, 9.17) is 0 Å². The number of carboxylic acids is 1. The number of carbonyl (C=O) groups is 3. The van der Waals surface area contributed by atoms with Crippen molar-refractivity contribution < 1.29 is 32.7 Å². The maximum Gasteiger partial charge on any atom is 0.408 e. The molecule has 3 atom stereocenters. The molecule has 9 heteroatoms. The first-order valence-corrected chi connectivity index (χ1v) is 10.6. The van der Waals surface area contributed by atoms with Gasteiger partial charge in [-0.2, -0.15) is 13.2 Å². The summed E-state index contributed by atoms with van der Waals surface area (Å²) in [5.74, 6) is -3.86. The number of imide groups is 1. The number of benzene rings is 1. The Kier molecular flexibility index (Phi) is 6.91. The molecule has 0 bridgehead atoms. The van der Waals surface area contributed by atoms with Gasteiger partial charge < -0.3 is 10.4 Å². The lowest BCUT2D eigenvalue weighted by molar-refractivity contribution is -0.173. The van der Waals surface area contributed by atoms with Crippen LogP contribution in [-0.4, -0.2) is 46.2 Å². The van der Waals surface area contributed by atoms with Crippen LogP contribution >= 0.6 is 0 Å². The van der Waals surface area contributed by atoms with E-state index in [-0.39, 0.29) is 6.42 Å². The van der Waals surface area contributed by atoms with Gasteiger partial charge >= 0.3 is 18.2 Å². The number of hydrogen-bond acceptors (Lipinski definition) is 3. The normalized spacial score (nSPS) is 23.2. The van der Waals surface area contributed by atoms with Gasteiger partial charge in [-0.3, -0.25) is 4.79 Å². The number of nitrogens with zero attached hydrogens (tertiary/aromatic N) is 1. The van der Waals surface area contributed by atoms with E-state index in [9.17, 15) is 32.7 Å². The predicted molar refractivity (Wildman–Crippen MR) is 106 cm³/mol. The van der Waals surface area contributed by atoms with Crippen LogP contribution in [0.4, 0.5) is 18.0 Å². The molecule has 0 radical (unpaired) electrons. The number of rotatable bonds is 6. The van der Waals surface area contributed by atoms with Gasteiger partial charge in [-0.05, 0) is 44.1 Å². The summed E-state index contributed by atoms with van der Waals surface area (Å²) in [6.07, 6.45) is -1.22. The van der Waals surface area contributed by atoms with Crippen LogP contribution in [-0.2, 0) is 16.0 Å². The number of urea groups is 1. The summed E-state index contributed by atoms with van der Waals surface area (Å²) in [7, 11) is 0. The smallest absolute Gasteiger partial charge is 0.408 e. The number of amides is 3. The third-order valence-corrected chi connectivity index (χ3v) is 6.27.